The zero-order valence-corrected chi connectivity index (χ0v) is 35.6. The van der Waals surface area contributed by atoms with Gasteiger partial charge in [-0.05, 0) is 105 Å². The van der Waals surface area contributed by atoms with Crippen molar-refractivity contribution in [2.75, 3.05) is 0 Å². The van der Waals surface area contributed by atoms with E-state index in [1.165, 1.54) is 32.7 Å². The summed E-state index contributed by atoms with van der Waals surface area (Å²) in [4.78, 5) is 15.3. The van der Waals surface area contributed by atoms with Crippen molar-refractivity contribution in [2.24, 2.45) is 0 Å². The van der Waals surface area contributed by atoms with Crippen LogP contribution in [0.2, 0.25) is 0 Å². The van der Waals surface area contributed by atoms with Crippen molar-refractivity contribution >= 4 is 54.5 Å². The quantitative estimate of drug-likeness (QED) is 0.160. The molecule has 66 heavy (non-hydrogen) atoms. The minimum atomic E-state index is 0.604. The average Bonchev–Trinajstić information content (AvgIpc) is 3.94. The van der Waals surface area contributed by atoms with Crippen LogP contribution >= 0.6 is 0 Å². The van der Waals surface area contributed by atoms with Gasteiger partial charge in [0.1, 0.15) is 11.2 Å². The Balaban J connectivity index is 0.932. The third-order valence-electron chi connectivity index (χ3n) is 12.8. The van der Waals surface area contributed by atoms with Crippen LogP contribution in [0.5, 0.6) is 0 Å². The number of nitrogens with zero attached hydrogens (tertiary/aromatic N) is 4. The van der Waals surface area contributed by atoms with Gasteiger partial charge in [-0.3, -0.25) is 0 Å². The lowest BCUT2D eigenvalue weighted by Crippen LogP contribution is -2.00. The van der Waals surface area contributed by atoms with Gasteiger partial charge in [-0.15, -0.1) is 0 Å². The van der Waals surface area contributed by atoms with Gasteiger partial charge in [0.2, 0.25) is 0 Å². The molecule has 13 aromatic rings. The third kappa shape index (κ3) is 6.44. The number of aromatic nitrogens is 4. The van der Waals surface area contributed by atoms with Gasteiger partial charge in [0.25, 0.3) is 0 Å². The zero-order valence-electron chi connectivity index (χ0n) is 35.6. The van der Waals surface area contributed by atoms with Crippen LogP contribution in [-0.2, 0) is 0 Å². The lowest BCUT2D eigenvalue weighted by atomic mass is 9.97. The average molecular weight is 843 g/mol. The molecule has 13 rings (SSSR count). The highest BCUT2D eigenvalue weighted by Crippen LogP contribution is 2.41. The minimum absolute atomic E-state index is 0.604. The number of hydrogen-bond acceptors (Lipinski definition) is 4. The van der Waals surface area contributed by atoms with Gasteiger partial charge in [0, 0.05) is 43.9 Å². The first-order valence-electron chi connectivity index (χ1n) is 22.2. The smallest absolute Gasteiger partial charge is 0.164 e. The third-order valence-corrected chi connectivity index (χ3v) is 12.8. The molecule has 0 amide bonds. The molecule has 3 aromatic heterocycles. The predicted molar refractivity (Wildman–Crippen MR) is 272 cm³/mol. The van der Waals surface area contributed by atoms with Crippen LogP contribution in [0.25, 0.3) is 128 Å². The summed E-state index contributed by atoms with van der Waals surface area (Å²) in [5, 5.41) is 7.02. The number of benzene rings is 10. The van der Waals surface area contributed by atoms with Gasteiger partial charge in [-0.2, -0.15) is 0 Å². The molecule has 0 atom stereocenters. The maximum absolute atomic E-state index is 6.60. The van der Waals surface area contributed by atoms with Crippen LogP contribution in [-0.4, -0.2) is 19.5 Å². The summed E-state index contributed by atoms with van der Waals surface area (Å²) in [7, 11) is 0. The fourth-order valence-electron chi connectivity index (χ4n) is 9.64. The Morgan fingerprint density at radius 3 is 1.68 bits per heavy atom. The van der Waals surface area contributed by atoms with E-state index in [-0.39, 0.29) is 0 Å². The Hall–Kier alpha value is -8.93. The number of furan rings is 1. The monoisotopic (exact) mass is 842 g/mol. The maximum Gasteiger partial charge on any atom is 0.164 e. The van der Waals surface area contributed by atoms with E-state index < -0.39 is 0 Å². The van der Waals surface area contributed by atoms with Gasteiger partial charge in [-0.1, -0.05) is 170 Å². The molecule has 10 aromatic carbocycles. The van der Waals surface area contributed by atoms with E-state index in [2.05, 4.69) is 199 Å². The summed E-state index contributed by atoms with van der Waals surface area (Å²) in [6, 6.07) is 81.1. The number of fused-ring (bicyclic) bond motifs is 7. The Kier molecular flexibility index (Phi) is 8.78. The van der Waals surface area contributed by atoms with Crippen LogP contribution in [0, 0.1) is 0 Å². The van der Waals surface area contributed by atoms with Crippen LogP contribution in [0.15, 0.2) is 235 Å². The Labute approximate surface area is 380 Å². The van der Waals surface area contributed by atoms with E-state index in [4.69, 9.17) is 19.4 Å². The minimum Gasteiger partial charge on any atom is -0.456 e. The van der Waals surface area contributed by atoms with Crippen LogP contribution < -0.4 is 0 Å². The first-order valence-corrected chi connectivity index (χ1v) is 22.2. The van der Waals surface area contributed by atoms with Crippen molar-refractivity contribution in [3.05, 3.63) is 231 Å². The zero-order chi connectivity index (χ0) is 43.6. The second kappa shape index (κ2) is 15.4. The van der Waals surface area contributed by atoms with Gasteiger partial charge >= 0.3 is 0 Å². The van der Waals surface area contributed by atoms with Crippen molar-refractivity contribution in [3.8, 4) is 73.2 Å². The molecular weight excluding hydrogens is 805 g/mol. The summed E-state index contributed by atoms with van der Waals surface area (Å²) < 4.78 is 8.98. The largest absolute Gasteiger partial charge is 0.456 e. The maximum atomic E-state index is 6.60. The van der Waals surface area contributed by atoms with Crippen molar-refractivity contribution < 1.29 is 4.42 Å². The molecule has 0 aliphatic heterocycles. The molecule has 5 nitrogen and oxygen atoms in total. The number of hydrogen-bond donors (Lipinski definition) is 0. The van der Waals surface area contributed by atoms with Crippen LogP contribution in [0.3, 0.4) is 0 Å². The van der Waals surface area contributed by atoms with E-state index >= 15 is 0 Å². The second-order valence-corrected chi connectivity index (χ2v) is 16.8. The molecule has 0 saturated carbocycles. The van der Waals surface area contributed by atoms with Crippen molar-refractivity contribution in [1.29, 1.82) is 0 Å². The summed E-state index contributed by atoms with van der Waals surface area (Å²) >= 11 is 0. The van der Waals surface area contributed by atoms with Crippen LogP contribution in [0.1, 0.15) is 0 Å². The van der Waals surface area contributed by atoms with Crippen molar-refractivity contribution in [2.45, 2.75) is 0 Å². The summed E-state index contributed by atoms with van der Waals surface area (Å²) in [5.74, 6) is 1.84. The highest BCUT2D eigenvalue weighted by atomic mass is 16.3. The molecule has 5 heteroatoms. The summed E-state index contributed by atoms with van der Waals surface area (Å²) in [5.41, 5.74) is 14.5. The molecular formula is C61H38N4O. The highest BCUT2D eigenvalue weighted by molar-refractivity contribution is 6.14. The lowest BCUT2D eigenvalue weighted by molar-refractivity contribution is 0.669. The molecule has 0 spiro atoms. The lowest BCUT2D eigenvalue weighted by Gasteiger charge is -2.11. The molecule has 0 bridgehead atoms. The molecule has 0 radical (unpaired) electrons. The normalized spacial score (nSPS) is 11.6. The highest BCUT2D eigenvalue weighted by Gasteiger charge is 2.19. The molecule has 0 fully saturated rings. The van der Waals surface area contributed by atoms with E-state index in [0.717, 1.165) is 77.6 Å². The molecule has 308 valence electrons. The van der Waals surface area contributed by atoms with Gasteiger partial charge in [0.05, 0.1) is 11.0 Å². The summed E-state index contributed by atoms with van der Waals surface area (Å²) in [6.45, 7) is 0. The fraction of sp³-hybridized carbons (Fsp3) is 0. The predicted octanol–water partition coefficient (Wildman–Crippen LogP) is 16.0. The first kappa shape index (κ1) is 37.6. The molecule has 0 N–H and O–H groups in total. The first-order chi connectivity index (χ1) is 32.7. The molecule has 0 saturated heterocycles. The Morgan fingerprint density at radius 1 is 0.303 bits per heavy atom. The molecule has 3 heterocycles. The topological polar surface area (TPSA) is 56.7 Å². The summed E-state index contributed by atoms with van der Waals surface area (Å²) in [6.07, 6.45) is 0. The Morgan fingerprint density at radius 2 is 0.879 bits per heavy atom. The number of para-hydroxylation sites is 1. The van der Waals surface area contributed by atoms with Crippen molar-refractivity contribution in [1.82, 2.24) is 19.5 Å². The van der Waals surface area contributed by atoms with Crippen LogP contribution in [0.4, 0.5) is 0 Å². The van der Waals surface area contributed by atoms with Crippen molar-refractivity contribution in [3.63, 3.8) is 0 Å². The van der Waals surface area contributed by atoms with E-state index in [1.54, 1.807) is 0 Å². The number of rotatable bonds is 7. The Bertz CT molecular complexity index is 4000. The SMILES string of the molecule is c1ccc(-c2cccc(-c3nc(-c4ccccc4)nc(-c4cccc(-c5cccc6oc7ccc(-n8c9ccccc9c9cc(-c%10ccc%11ccccc%11c%10)ccc98)cc7c56)c4)n3)c2)cc1. The fourth-order valence-corrected chi connectivity index (χ4v) is 9.64. The van der Waals surface area contributed by atoms with E-state index in [1.807, 2.05) is 36.4 Å². The van der Waals surface area contributed by atoms with E-state index in [0.29, 0.717) is 17.5 Å². The molecule has 0 aliphatic rings. The molecule has 0 aliphatic carbocycles. The van der Waals surface area contributed by atoms with Gasteiger partial charge in [-0.25, -0.2) is 15.0 Å². The van der Waals surface area contributed by atoms with E-state index in [9.17, 15) is 0 Å². The van der Waals surface area contributed by atoms with Gasteiger partial charge in [0.15, 0.2) is 17.5 Å². The standard InChI is InChI=1S/C61H38N4O/c1-3-14-39(15-4-1)43-20-11-22-47(35-43)60-62-59(41-17-5-2-6-18-41)63-61(64-60)48-23-12-21-46(36-48)50-25-13-27-57-58(50)53-38-49(31-33-56(53)66-57)65-54-26-10-9-24-51(54)52-37-45(30-32-55(52)65)44-29-28-40-16-7-8-19-42(40)34-44/h1-38H. The van der Waals surface area contributed by atoms with Gasteiger partial charge < -0.3 is 8.98 Å². The molecule has 0 unspecified atom stereocenters. The second-order valence-electron chi connectivity index (χ2n) is 16.8.